The number of imide groups is 1. The standard InChI is InChI=1S/C30H30ClNO5S/c1-19(2)23-11-9-20(3)15-26(23)36-14-13-32-29(33)28(38-30(32)34)17-21-10-12-25(35-4)27(16-21)37-18-22-7-5-6-8-24(22)31/h5-12,15-17,19H,13-14,18H2,1-4H3/b28-17-. The minimum atomic E-state index is -0.341. The third-order valence-electron chi connectivity index (χ3n) is 6.06. The van der Waals surface area contributed by atoms with Crippen LogP contribution in [0, 0.1) is 6.92 Å². The molecule has 0 aromatic heterocycles. The first-order valence-corrected chi connectivity index (χ1v) is 13.5. The van der Waals surface area contributed by atoms with Gasteiger partial charge in [0.25, 0.3) is 11.1 Å². The molecule has 8 heteroatoms. The van der Waals surface area contributed by atoms with Gasteiger partial charge in [0.05, 0.1) is 18.6 Å². The summed E-state index contributed by atoms with van der Waals surface area (Å²) in [6.07, 6.45) is 1.69. The van der Waals surface area contributed by atoms with Crippen LogP contribution in [0.5, 0.6) is 17.2 Å². The third kappa shape index (κ3) is 6.52. The van der Waals surface area contributed by atoms with Crippen LogP contribution < -0.4 is 14.2 Å². The van der Waals surface area contributed by atoms with Crippen LogP contribution in [0.25, 0.3) is 6.08 Å². The molecule has 4 rings (SSSR count). The summed E-state index contributed by atoms with van der Waals surface area (Å²) < 4.78 is 17.4. The van der Waals surface area contributed by atoms with Gasteiger partial charge in [-0.05, 0) is 71.6 Å². The molecule has 1 fully saturated rings. The number of hydrogen-bond acceptors (Lipinski definition) is 6. The molecule has 6 nitrogen and oxygen atoms in total. The maximum atomic E-state index is 13.0. The van der Waals surface area contributed by atoms with Crippen LogP contribution in [0.15, 0.2) is 65.6 Å². The Morgan fingerprint density at radius 3 is 2.50 bits per heavy atom. The van der Waals surface area contributed by atoms with E-state index in [0.717, 1.165) is 34.2 Å². The smallest absolute Gasteiger partial charge is 0.293 e. The van der Waals surface area contributed by atoms with Gasteiger partial charge in [-0.2, -0.15) is 0 Å². The van der Waals surface area contributed by atoms with E-state index in [9.17, 15) is 9.59 Å². The SMILES string of the molecule is COc1ccc(/C=C2\SC(=O)N(CCOc3cc(C)ccc3C(C)C)C2=O)cc1OCc1ccccc1Cl. The predicted molar refractivity (Wildman–Crippen MR) is 152 cm³/mol. The zero-order chi connectivity index (χ0) is 27.2. The Kier molecular flexibility index (Phi) is 9.02. The molecule has 0 aliphatic carbocycles. The first-order valence-electron chi connectivity index (χ1n) is 12.3. The summed E-state index contributed by atoms with van der Waals surface area (Å²) in [7, 11) is 1.56. The summed E-state index contributed by atoms with van der Waals surface area (Å²) in [5, 5.41) is 0.296. The predicted octanol–water partition coefficient (Wildman–Crippen LogP) is 7.47. The van der Waals surface area contributed by atoms with Crippen molar-refractivity contribution in [1.82, 2.24) is 4.90 Å². The molecule has 0 N–H and O–H groups in total. The Hall–Kier alpha value is -3.42. The molecule has 2 amide bonds. The van der Waals surface area contributed by atoms with E-state index < -0.39 is 0 Å². The van der Waals surface area contributed by atoms with E-state index in [1.165, 1.54) is 4.90 Å². The lowest BCUT2D eigenvalue weighted by Crippen LogP contribution is -2.32. The minimum absolute atomic E-state index is 0.169. The van der Waals surface area contributed by atoms with Crippen molar-refractivity contribution in [2.75, 3.05) is 20.3 Å². The second-order valence-electron chi connectivity index (χ2n) is 9.17. The van der Waals surface area contributed by atoms with Crippen LogP contribution in [0.1, 0.15) is 42.0 Å². The van der Waals surface area contributed by atoms with E-state index in [2.05, 4.69) is 26.0 Å². The zero-order valence-corrected chi connectivity index (χ0v) is 23.4. The van der Waals surface area contributed by atoms with Crippen LogP contribution in [-0.2, 0) is 11.4 Å². The number of halogens is 1. The Labute approximate surface area is 232 Å². The van der Waals surface area contributed by atoms with Gasteiger partial charge in [-0.25, -0.2) is 0 Å². The highest BCUT2D eigenvalue weighted by Crippen LogP contribution is 2.35. The van der Waals surface area contributed by atoms with Crippen molar-refractivity contribution in [3.8, 4) is 17.2 Å². The molecule has 0 saturated carbocycles. The Balaban J connectivity index is 1.44. The van der Waals surface area contributed by atoms with Gasteiger partial charge in [-0.1, -0.05) is 61.8 Å². The molecule has 0 atom stereocenters. The van der Waals surface area contributed by atoms with Crippen molar-refractivity contribution in [1.29, 1.82) is 0 Å². The number of hydrogen-bond donors (Lipinski definition) is 0. The number of carbonyl (C=O) groups is 2. The summed E-state index contributed by atoms with van der Waals surface area (Å²) in [6.45, 7) is 6.86. The fourth-order valence-corrected chi connectivity index (χ4v) is 5.06. The maximum Gasteiger partial charge on any atom is 0.293 e. The van der Waals surface area contributed by atoms with Gasteiger partial charge in [-0.15, -0.1) is 0 Å². The second kappa shape index (κ2) is 12.4. The molecule has 3 aromatic carbocycles. The monoisotopic (exact) mass is 551 g/mol. The van der Waals surface area contributed by atoms with Crippen molar-refractivity contribution in [3.05, 3.63) is 92.8 Å². The van der Waals surface area contributed by atoms with Crippen molar-refractivity contribution >= 4 is 40.6 Å². The molecule has 1 heterocycles. The molecule has 198 valence electrons. The van der Waals surface area contributed by atoms with E-state index in [0.29, 0.717) is 32.9 Å². The molecule has 3 aromatic rings. The average molecular weight is 552 g/mol. The fourth-order valence-electron chi connectivity index (χ4n) is 4.00. The summed E-state index contributed by atoms with van der Waals surface area (Å²) >= 11 is 7.16. The number of carbonyl (C=O) groups excluding carboxylic acids is 2. The molecule has 38 heavy (non-hydrogen) atoms. The van der Waals surface area contributed by atoms with Gasteiger partial charge >= 0.3 is 0 Å². The van der Waals surface area contributed by atoms with Gasteiger partial charge in [0.15, 0.2) is 11.5 Å². The molecular weight excluding hydrogens is 522 g/mol. The van der Waals surface area contributed by atoms with Crippen LogP contribution in [-0.4, -0.2) is 36.3 Å². The Morgan fingerprint density at radius 1 is 0.974 bits per heavy atom. The summed E-state index contributed by atoms with van der Waals surface area (Å²) in [4.78, 5) is 27.2. The highest BCUT2D eigenvalue weighted by atomic mass is 35.5. The third-order valence-corrected chi connectivity index (χ3v) is 7.34. The Bertz CT molecular complexity index is 1370. The number of aryl methyl sites for hydroxylation is 1. The molecule has 1 aliphatic rings. The summed E-state index contributed by atoms with van der Waals surface area (Å²) in [5.41, 5.74) is 3.74. The zero-order valence-electron chi connectivity index (χ0n) is 21.8. The fraction of sp³-hybridized carbons (Fsp3) is 0.267. The number of nitrogens with zero attached hydrogens (tertiary/aromatic N) is 1. The number of ether oxygens (including phenoxy) is 3. The first-order chi connectivity index (χ1) is 18.3. The van der Waals surface area contributed by atoms with Gasteiger partial charge in [0, 0.05) is 10.6 Å². The molecule has 1 saturated heterocycles. The van der Waals surface area contributed by atoms with Crippen molar-refractivity contribution < 1.29 is 23.8 Å². The number of rotatable bonds is 10. The molecule has 1 aliphatic heterocycles. The van der Waals surface area contributed by atoms with Crippen LogP contribution in [0.2, 0.25) is 5.02 Å². The molecule has 0 radical (unpaired) electrons. The van der Waals surface area contributed by atoms with Gasteiger partial charge < -0.3 is 14.2 Å². The molecule has 0 spiro atoms. The number of benzene rings is 3. The second-order valence-corrected chi connectivity index (χ2v) is 10.6. The first kappa shape index (κ1) is 27.6. The lowest BCUT2D eigenvalue weighted by molar-refractivity contribution is -0.123. The number of methoxy groups -OCH3 is 1. The van der Waals surface area contributed by atoms with Gasteiger partial charge in [0.1, 0.15) is 19.0 Å². The van der Waals surface area contributed by atoms with Crippen LogP contribution in [0.3, 0.4) is 0 Å². The van der Waals surface area contributed by atoms with E-state index >= 15 is 0 Å². The van der Waals surface area contributed by atoms with Gasteiger partial charge in [0.2, 0.25) is 0 Å². The summed E-state index contributed by atoms with van der Waals surface area (Å²) in [5.74, 6) is 1.80. The van der Waals surface area contributed by atoms with Crippen molar-refractivity contribution in [3.63, 3.8) is 0 Å². The van der Waals surface area contributed by atoms with E-state index in [-0.39, 0.29) is 30.9 Å². The normalized spacial score (nSPS) is 14.5. The Morgan fingerprint density at radius 2 is 1.76 bits per heavy atom. The highest BCUT2D eigenvalue weighted by Gasteiger charge is 2.35. The minimum Gasteiger partial charge on any atom is -0.493 e. The molecule has 0 unspecified atom stereocenters. The van der Waals surface area contributed by atoms with E-state index in [1.54, 1.807) is 31.4 Å². The lowest BCUT2D eigenvalue weighted by Gasteiger charge is -2.17. The topological polar surface area (TPSA) is 65.1 Å². The van der Waals surface area contributed by atoms with Crippen molar-refractivity contribution in [2.45, 2.75) is 33.3 Å². The lowest BCUT2D eigenvalue weighted by atomic mass is 10.0. The quantitative estimate of drug-likeness (QED) is 0.243. The largest absolute Gasteiger partial charge is 0.493 e. The number of amides is 2. The average Bonchev–Trinajstić information content (AvgIpc) is 3.15. The molecule has 0 bridgehead atoms. The van der Waals surface area contributed by atoms with Crippen LogP contribution in [0.4, 0.5) is 4.79 Å². The highest BCUT2D eigenvalue weighted by molar-refractivity contribution is 8.18. The van der Waals surface area contributed by atoms with E-state index in [4.69, 9.17) is 25.8 Å². The maximum absolute atomic E-state index is 13.0. The van der Waals surface area contributed by atoms with E-state index in [1.807, 2.05) is 37.3 Å². The summed E-state index contributed by atoms with van der Waals surface area (Å²) in [6, 6.07) is 18.9. The molecular formula is C30H30ClNO5S. The number of thioether (sulfide) groups is 1. The van der Waals surface area contributed by atoms with Crippen molar-refractivity contribution in [2.24, 2.45) is 0 Å². The van der Waals surface area contributed by atoms with Gasteiger partial charge in [-0.3, -0.25) is 14.5 Å². The van der Waals surface area contributed by atoms with Crippen LogP contribution >= 0.6 is 23.4 Å².